The summed E-state index contributed by atoms with van der Waals surface area (Å²) in [4.78, 5) is 27.8. The first-order chi connectivity index (χ1) is 13.0. The van der Waals surface area contributed by atoms with Gasteiger partial charge in [-0.25, -0.2) is 0 Å². The first-order valence-corrected chi connectivity index (χ1v) is 9.70. The van der Waals surface area contributed by atoms with Crippen LogP contribution >= 0.6 is 22.9 Å². The summed E-state index contributed by atoms with van der Waals surface area (Å²) in [6.07, 6.45) is -0.282. The molecule has 1 aliphatic heterocycles. The molecule has 0 saturated heterocycles. The van der Waals surface area contributed by atoms with Crippen molar-refractivity contribution in [2.75, 3.05) is 4.90 Å². The van der Waals surface area contributed by atoms with Crippen LogP contribution in [-0.2, 0) is 16.9 Å². The van der Waals surface area contributed by atoms with Crippen LogP contribution in [-0.4, -0.2) is 16.8 Å². The molecule has 136 valence electrons. The standard InChI is InChI=1S/C21H16ClNO3S/c22-15-6-3-5-14(11-15)13-23-17-8-2-1-7-16(17)21(26,20(23)25)12-18(24)19-9-4-10-27-19/h1-11,26H,12-13H2. The van der Waals surface area contributed by atoms with E-state index in [1.54, 1.807) is 47.8 Å². The van der Waals surface area contributed by atoms with Gasteiger partial charge in [-0.15, -0.1) is 11.3 Å². The van der Waals surface area contributed by atoms with Crippen LogP contribution in [0.1, 0.15) is 27.2 Å². The van der Waals surface area contributed by atoms with Crippen molar-refractivity contribution in [1.82, 2.24) is 0 Å². The average Bonchev–Trinajstić information content (AvgIpc) is 3.26. The van der Waals surface area contributed by atoms with Crippen LogP contribution in [0.5, 0.6) is 0 Å². The zero-order valence-electron chi connectivity index (χ0n) is 14.3. The molecule has 27 heavy (non-hydrogen) atoms. The number of rotatable bonds is 5. The second-order valence-corrected chi connectivity index (χ2v) is 7.86. The van der Waals surface area contributed by atoms with Crippen molar-refractivity contribution in [3.63, 3.8) is 0 Å². The Labute approximate surface area is 165 Å². The van der Waals surface area contributed by atoms with Gasteiger partial charge in [0.15, 0.2) is 11.4 Å². The Kier molecular flexibility index (Phi) is 4.60. The van der Waals surface area contributed by atoms with Gasteiger partial charge in [0.25, 0.3) is 5.91 Å². The first kappa shape index (κ1) is 17.9. The van der Waals surface area contributed by atoms with E-state index in [4.69, 9.17) is 11.6 Å². The largest absolute Gasteiger partial charge is 0.375 e. The maximum Gasteiger partial charge on any atom is 0.264 e. The van der Waals surface area contributed by atoms with Crippen LogP contribution in [0.4, 0.5) is 5.69 Å². The molecule has 0 saturated carbocycles. The molecule has 0 spiro atoms. The lowest BCUT2D eigenvalue weighted by Gasteiger charge is -2.22. The highest BCUT2D eigenvalue weighted by atomic mass is 35.5. The van der Waals surface area contributed by atoms with Crippen LogP contribution in [0, 0.1) is 0 Å². The van der Waals surface area contributed by atoms with E-state index in [-0.39, 0.29) is 18.7 Å². The Bertz CT molecular complexity index is 1020. The number of halogens is 1. The fourth-order valence-electron chi connectivity index (χ4n) is 3.41. The number of benzene rings is 2. The van der Waals surface area contributed by atoms with E-state index < -0.39 is 11.5 Å². The number of hydrogen-bond donors (Lipinski definition) is 1. The molecule has 2 aromatic carbocycles. The summed E-state index contributed by atoms with van der Waals surface area (Å²) in [6.45, 7) is 0.270. The number of amides is 1. The second kappa shape index (κ2) is 6.93. The summed E-state index contributed by atoms with van der Waals surface area (Å²) in [5, 5.41) is 13.6. The summed E-state index contributed by atoms with van der Waals surface area (Å²) in [7, 11) is 0. The molecule has 1 atom stereocenters. The van der Waals surface area contributed by atoms with Crippen LogP contribution in [0.25, 0.3) is 0 Å². The van der Waals surface area contributed by atoms with Crippen LogP contribution in [0.3, 0.4) is 0 Å². The highest BCUT2D eigenvalue weighted by Crippen LogP contribution is 2.43. The number of carbonyl (C=O) groups excluding carboxylic acids is 2. The quantitative estimate of drug-likeness (QED) is 0.649. The van der Waals surface area contributed by atoms with E-state index in [1.807, 2.05) is 18.2 Å². The number of hydrogen-bond acceptors (Lipinski definition) is 4. The molecule has 0 bridgehead atoms. The molecule has 3 aromatic rings. The molecule has 0 radical (unpaired) electrons. The lowest BCUT2D eigenvalue weighted by molar-refractivity contribution is -0.136. The smallest absolute Gasteiger partial charge is 0.264 e. The van der Waals surface area contributed by atoms with Gasteiger partial charge in [0.05, 0.1) is 23.5 Å². The van der Waals surface area contributed by atoms with Crippen molar-refractivity contribution in [1.29, 1.82) is 0 Å². The van der Waals surface area contributed by atoms with E-state index in [9.17, 15) is 14.7 Å². The highest BCUT2D eigenvalue weighted by Gasteiger charge is 2.50. The number of thiophene rings is 1. The number of para-hydroxylation sites is 1. The first-order valence-electron chi connectivity index (χ1n) is 8.44. The SMILES string of the molecule is O=C(CC1(O)C(=O)N(Cc2cccc(Cl)c2)c2ccccc21)c1cccs1. The van der Waals surface area contributed by atoms with Gasteiger partial charge in [-0.1, -0.05) is 48.0 Å². The van der Waals surface area contributed by atoms with Crippen molar-refractivity contribution in [3.8, 4) is 0 Å². The summed E-state index contributed by atoms with van der Waals surface area (Å²) in [6, 6.07) is 17.8. The van der Waals surface area contributed by atoms with E-state index in [1.165, 1.54) is 16.2 Å². The van der Waals surface area contributed by atoms with Gasteiger partial charge < -0.3 is 10.0 Å². The number of nitrogens with zero attached hydrogens (tertiary/aromatic N) is 1. The molecular formula is C21H16ClNO3S. The average molecular weight is 398 g/mol. The molecule has 1 aromatic heterocycles. The molecule has 6 heteroatoms. The zero-order valence-corrected chi connectivity index (χ0v) is 15.8. The Morgan fingerprint density at radius 2 is 1.93 bits per heavy atom. The molecule has 0 fully saturated rings. The van der Waals surface area contributed by atoms with Gasteiger partial charge in [0.1, 0.15) is 0 Å². The maximum atomic E-state index is 13.2. The topological polar surface area (TPSA) is 57.6 Å². The molecule has 4 rings (SSSR count). The molecule has 1 aliphatic rings. The number of aliphatic hydroxyl groups is 1. The maximum absolute atomic E-state index is 13.2. The predicted molar refractivity (Wildman–Crippen MR) is 106 cm³/mol. The monoisotopic (exact) mass is 397 g/mol. The van der Waals surface area contributed by atoms with E-state index in [0.29, 0.717) is 21.2 Å². The number of ketones is 1. The minimum Gasteiger partial charge on any atom is -0.375 e. The third-order valence-corrected chi connectivity index (χ3v) is 5.83. The number of anilines is 1. The summed E-state index contributed by atoms with van der Waals surface area (Å²) >= 11 is 7.35. The minimum atomic E-state index is -1.86. The lowest BCUT2D eigenvalue weighted by atomic mass is 9.89. The van der Waals surface area contributed by atoms with E-state index in [0.717, 1.165) is 5.56 Å². The fraction of sp³-hybridized carbons (Fsp3) is 0.143. The van der Waals surface area contributed by atoms with Crippen LogP contribution in [0.15, 0.2) is 66.0 Å². The third-order valence-electron chi connectivity index (χ3n) is 4.68. The summed E-state index contributed by atoms with van der Waals surface area (Å²) < 4.78 is 0. The number of fused-ring (bicyclic) bond motifs is 1. The van der Waals surface area contributed by atoms with E-state index in [2.05, 4.69) is 0 Å². The summed E-state index contributed by atoms with van der Waals surface area (Å²) in [5.41, 5.74) is 0.0568. The second-order valence-electron chi connectivity index (χ2n) is 6.48. The molecule has 2 heterocycles. The molecule has 1 amide bonds. The Hall–Kier alpha value is -2.47. The van der Waals surface area contributed by atoms with Gasteiger partial charge in [-0.05, 0) is 35.2 Å². The number of Topliss-reactive ketones (excluding diaryl/α,β-unsaturated/α-hetero) is 1. The molecular weight excluding hydrogens is 382 g/mol. The van der Waals surface area contributed by atoms with E-state index >= 15 is 0 Å². The van der Waals surface area contributed by atoms with Gasteiger partial charge in [0.2, 0.25) is 0 Å². The molecule has 1 unspecified atom stereocenters. The van der Waals surface area contributed by atoms with Crippen molar-refractivity contribution in [3.05, 3.63) is 87.1 Å². The fourth-order valence-corrected chi connectivity index (χ4v) is 4.29. The van der Waals surface area contributed by atoms with Crippen LogP contribution < -0.4 is 4.90 Å². The van der Waals surface area contributed by atoms with Crippen molar-refractivity contribution in [2.24, 2.45) is 0 Å². The Morgan fingerprint density at radius 3 is 2.67 bits per heavy atom. The number of carbonyl (C=O) groups is 2. The minimum absolute atomic E-state index is 0.250. The lowest BCUT2D eigenvalue weighted by Crippen LogP contribution is -2.41. The van der Waals surface area contributed by atoms with Crippen molar-refractivity contribution < 1.29 is 14.7 Å². The summed E-state index contributed by atoms with van der Waals surface area (Å²) in [5.74, 6) is -0.742. The van der Waals surface area contributed by atoms with Gasteiger partial charge >= 0.3 is 0 Å². The molecule has 0 aliphatic carbocycles. The Balaban J connectivity index is 1.69. The molecule has 4 nitrogen and oxygen atoms in total. The highest BCUT2D eigenvalue weighted by molar-refractivity contribution is 7.12. The normalized spacial score (nSPS) is 18.6. The predicted octanol–water partition coefficient (Wildman–Crippen LogP) is 4.41. The van der Waals surface area contributed by atoms with Gasteiger partial charge in [-0.3, -0.25) is 9.59 Å². The van der Waals surface area contributed by atoms with Crippen molar-refractivity contribution in [2.45, 2.75) is 18.6 Å². The van der Waals surface area contributed by atoms with Gasteiger partial charge in [0, 0.05) is 10.6 Å². The zero-order chi connectivity index (χ0) is 19.0. The third kappa shape index (κ3) is 3.18. The van der Waals surface area contributed by atoms with Gasteiger partial charge in [-0.2, -0.15) is 0 Å². The molecule has 1 N–H and O–H groups in total. The van der Waals surface area contributed by atoms with Crippen molar-refractivity contribution >= 4 is 40.3 Å². The Morgan fingerprint density at radius 1 is 1.11 bits per heavy atom. The van der Waals surface area contributed by atoms with Crippen LogP contribution in [0.2, 0.25) is 5.02 Å².